The third-order valence-electron chi connectivity index (χ3n) is 3.67. The standard InChI is InChI=1S/C11H19N5O2/c12-14-9-8(10(17)15-13)6-16(11(9)18)7-4-2-1-3-5-7/h7,14H,1-6,12-13H2,(H,15,17). The zero-order chi connectivity index (χ0) is 13.1. The second-order valence-corrected chi connectivity index (χ2v) is 4.70. The van der Waals surface area contributed by atoms with Crippen molar-refractivity contribution in [2.75, 3.05) is 6.54 Å². The number of hydrogen-bond donors (Lipinski definition) is 4. The zero-order valence-corrected chi connectivity index (χ0v) is 10.2. The predicted octanol–water partition coefficient (Wildman–Crippen LogP) is -1.13. The van der Waals surface area contributed by atoms with Crippen molar-refractivity contribution in [3.05, 3.63) is 11.3 Å². The van der Waals surface area contributed by atoms with Crippen LogP contribution in [0.3, 0.4) is 0 Å². The van der Waals surface area contributed by atoms with Crippen molar-refractivity contribution in [3.63, 3.8) is 0 Å². The van der Waals surface area contributed by atoms with Crippen LogP contribution in [0, 0.1) is 0 Å². The third-order valence-corrected chi connectivity index (χ3v) is 3.67. The Balaban J connectivity index is 2.15. The Bertz CT molecular complexity index is 387. The minimum atomic E-state index is -0.463. The van der Waals surface area contributed by atoms with Crippen molar-refractivity contribution in [2.24, 2.45) is 11.7 Å². The maximum absolute atomic E-state index is 12.2. The summed E-state index contributed by atoms with van der Waals surface area (Å²) in [7, 11) is 0. The predicted molar refractivity (Wildman–Crippen MR) is 65.3 cm³/mol. The second kappa shape index (κ2) is 5.36. The summed E-state index contributed by atoms with van der Waals surface area (Å²) >= 11 is 0. The molecule has 1 heterocycles. The summed E-state index contributed by atoms with van der Waals surface area (Å²) in [5, 5.41) is 0. The van der Waals surface area contributed by atoms with Crippen LogP contribution in [0.15, 0.2) is 11.3 Å². The van der Waals surface area contributed by atoms with Gasteiger partial charge in [0.05, 0.1) is 12.1 Å². The van der Waals surface area contributed by atoms with Gasteiger partial charge in [-0.1, -0.05) is 19.3 Å². The largest absolute Gasteiger partial charge is 0.330 e. The number of hydrazine groups is 2. The number of carbonyl (C=O) groups excluding carboxylic acids is 2. The van der Waals surface area contributed by atoms with E-state index in [1.54, 1.807) is 4.90 Å². The summed E-state index contributed by atoms with van der Waals surface area (Å²) in [4.78, 5) is 25.5. The average Bonchev–Trinajstić information content (AvgIpc) is 2.75. The fraction of sp³-hybridized carbons (Fsp3) is 0.636. The molecule has 1 aliphatic carbocycles. The van der Waals surface area contributed by atoms with Crippen LogP contribution >= 0.6 is 0 Å². The van der Waals surface area contributed by atoms with Gasteiger partial charge in [0.25, 0.3) is 11.8 Å². The first-order chi connectivity index (χ1) is 8.69. The highest BCUT2D eigenvalue weighted by Gasteiger charge is 2.37. The van der Waals surface area contributed by atoms with Crippen LogP contribution in [-0.2, 0) is 9.59 Å². The number of carbonyl (C=O) groups is 2. The van der Waals surface area contributed by atoms with Crippen LogP contribution in [-0.4, -0.2) is 29.3 Å². The van der Waals surface area contributed by atoms with Crippen molar-refractivity contribution < 1.29 is 9.59 Å². The molecular weight excluding hydrogens is 234 g/mol. The molecule has 0 aromatic heterocycles. The fourth-order valence-corrected chi connectivity index (χ4v) is 2.70. The van der Waals surface area contributed by atoms with E-state index in [9.17, 15) is 9.59 Å². The molecule has 7 nitrogen and oxygen atoms in total. The Labute approximate surface area is 105 Å². The van der Waals surface area contributed by atoms with Crippen molar-refractivity contribution in [3.8, 4) is 0 Å². The summed E-state index contributed by atoms with van der Waals surface area (Å²) in [5.41, 5.74) is 4.84. The summed E-state index contributed by atoms with van der Waals surface area (Å²) in [6.07, 6.45) is 5.43. The maximum Gasteiger partial charge on any atom is 0.272 e. The maximum atomic E-state index is 12.2. The SMILES string of the molecule is NNC(=O)C1=C(NN)C(=O)N(C2CCCCC2)C1. The first-order valence-corrected chi connectivity index (χ1v) is 6.20. The van der Waals surface area contributed by atoms with Gasteiger partial charge in [-0.25, -0.2) is 5.84 Å². The molecule has 2 amide bonds. The zero-order valence-electron chi connectivity index (χ0n) is 10.2. The van der Waals surface area contributed by atoms with E-state index in [2.05, 4.69) is 5.43 Å². The van der Waals surface area contributed by atoms with Gasteiger partial charge in [0.1, 0.15) is 5.70 Å². The number of hydrogen-bond acceptors (Lipinski definition) is 5. The summed E-state index contributed by atoms with van der Waals surface area (Å²) in [5.74, 6) is 9.76. The van der Waals surface area contributed by atoms with Gasteiger partial charge >= 0.3 is 0 Å². The smallest absolute Gasteiger partial charge is 0.272 e. The van der Waals surface area contributed by atoms with Crippen LogP contribution in [0.25, 0.3) is 0 Å². The molecule has 1 fully saturated rings. The highest BCUT2D eigenvalue weighted by Crippen LogP contribution is 2.28. The lowest BCUT2D eigenvalue weighted by Gasteiger charge is -2.31. The highest BCUT2D eigenvalue weighted by molar-refractivity contribution is 6.08. The molecule has 0 atom stereocenters. The van der Waals surface area contributed by atoms with Crippen LogP contribution in [0.4, 0.5) is 0 Å². The molecule has 1 saturated carbocycles. The first-order valence-electron chi connectivity index (χ1n) is 6.20. The van der Waals surface area contributed by atoms with Gasteiger partial charge in [0.15, 0.2) is 0 Å². The normalized spacial score (nSPS) is 21.4. The van der Waals surface area contributed by atoms with E-state index in [0.717, 1.165) is 25.7 Å². The molecule has 0 aromatic carbocycles. The van der Waals surface area contributed by atoms with Gasteiger partial charge in [-0.3, -0.25) is 20.9 Å². The topological polar surface area (TPSA) is 113 Å². The van der Waals surface area contributed by atoms with E-state index < -0.39 is 5.91 Å². The number of nitrogens with two attached hydrogens (primary N) is 2. The van der Waals surface area contributed by atoms with Crippen molar-refractivity contribution in [1.29, 1.82) is 0 Å². The molecule has 1 aliphatic heterocycles. The molecule has 0 radical (unpaired) electrons. The molecule has 0 saturated heterocycles. The highest BCUT2D eigenvalue weighted by atomic mass is 16.2. The Morgan fingerprint density at radius 1 is 1.22 bits per heavy atom. The summed E-state index contributed by atoms with van der Waals surface area (Å²) in [6.45, 7) is 0.284. The Morgan fingerprint density at radius 2 is 1.89 bits per heavy atom. The monoisotopic (exact) mass is 253 g/mol. The van der Waals surface area contributed by atoms with Gasteiger partial charge in [-0.15, -0.1) is 0 Å². The molecule has 100 valence electrons. The van der Waals surface area contributed by atoms with Crippen molar-refractivity contribution >= 4 is 11.8 Å². The van der Waals surface area contributed by atoms with Gasteiger partial charge in [-0.05, 0) is 12.8 Å². The molecule has 2 rings (SSSR count). The Kier molecular flexibility index (Phi) is 3.83. The summed E-state index contributed by atoms with van der Waals surface area (Å²) in [6, 6.07) is 0.206. The number of rotatable bonds is 3. The molecule has 2 aliphatic rings. The number of nitrogens with zero attached hydrogens (tertiary/aromatic N) is 1. The van der Waals surface area contributed by atoms with E-state index in [0.29, 0.717) is 5.57 Å². The average molecular weight is 253 g/mol. The fourth-order valence-electron chi connectivity index (χ4n) is 2.70. The first kappa shape index (κ1) is 12.8. The van der Waals surface area contributed by atoms with E-state index in [1.165, 1.54) is 6.42 Å². The second-order valence-electron chi connectivity index (χ2n) is 4.70. The van der Waals surface area contributed by atoms with E-state index >= 15 is 0 Å². The lowest BCUT2D eigenvalue weighted by atomic mass is 9.94. The van der Waals surface area contributed by atoms with Crippen LogP contribution in [0.1, 0.15) is 32.1 Å². The molecule has 7 heteroatoms. The lowest BCUT2D eigenvalue weighted by molar-refractivity contribution is -0.128. The lowest BCUT2D eigenvalue weighted by Crippen LogP contribution is -2.41. The molecule has 0 spiro atoms. The van der Waals surface area contributed by atoms with E-state index in [-0.39, 0.29) is 24.2 Å². The van der Waals surface area contributed by atoms with Gasteiger partial charge < -0.3 is 10.3 Å². The number of amides is 2. The molecule has 0 unspecified atom stereocenters. The van der Waals surface area contributed by atoms with Crippen LogP contribution in [0.5, 0.6) is 0 Å². The Hall–Kier alpha value is -1.60. The minimum absolute atomic E-state index is 0.156. The third kappa shape index (κ3) is 2.19. The quantitative estimate of drug-likeness (QED) is 0.289. The Morgan fingerprint density at radius 3 is 2.44 bits per heavy atom. The number of nitrogens with one attached hydrogen (secondary N) is 2. The minimum Gasteiger partial charge on any atom is -0.330 e. The van der Waals surface area contributed by atoms with E-state index in [4.69, 9.17) is 11.7 Å². The van der Waals surface area contributed by atoms with Gasteiger partial charge in [-0.2, -0.15) is 0 Å². The molecular formula is C11H19N5O2. The van der Waals surface area contributed by atoms with Crippen LogP contribution < -0.4 is 22.5 Å². The molecule has 18 heavy (non-hydrogen) atoms. The molecule has 0 bridgehead atoms. The van der Waals surface area contributed by atoms with Crippen LogP contribution in [0.2, 0.25) is 0 Å². The van der Waals surface area contributed by atoms with E-state index in [1.807, 2.05) is 5.43 Å². The summed E-state index contributed by atoms with van der Waals surface area (Å²) < 4.78 is 0. The molecule has 6 N–H and O–H groups in total. The van der Waals surface area contributed by atoms with Gasteiger partial charge in [0, 0.05) is 6.04 Å². The van der Waals surface area contributed by atoms with Crippen molar-refractivity contribution in [1.82, 2.24) is 15.8 Å². The van der Waals surface area contributed by atoms with Gasteiger partial charge in [0.2, 0.25) is 0 Å². The molecule has 0 aromatic rings. The van der Waals surface area contributed by atoms with Crippen molar-refractivity contribution in [2.45, 2.75) is 38.1 Å².